The molecule has 0 aliphatic rings. The van der Waals surface area contributed by atoms with Crippen LogP contribution < -0.4 is 5.32 Å². The summed E-state index contributed by atoms with van der Waals surface area (Å²) in [5, 5.41) is 4.09. The van der Waals surface area contributed by atoms with E-state index in [4.69, 9.17) is 4.98 Å². The van der Waals surface area contributed by atoms with Gasteiger partial charge in [0, 0.05) is 17.0 Å². The van der Waals surface area contributed by atoms with E-state index in [1.807, 2.05) is 19.2 Å². The summed E-state index contributed by atoms with van der Waals surface area (Å²) in [7, 11) is 1.93. The van der Waals surface area contributed by atoms with E-state index in [1.54, 1.807) is 24.3 Å². The van der Waals surface area contributed by atoms with Gasteiger partial charge < -0.3 is 5.32 Å². The number of hydrogen-bond acceptors (Lipinski definition) is 3. The molecule has 0 fully saturated rings. The van der Waals surface area contributed by atoms with Gasteiger partial charge in [0.1, 0.15) is 10.8 Å². The highest BCUT2D eigenvalue weighted by Gasteiger charge is 2.14. The van der Waals surface area contributed by atoms with Crippen LogP contribution in [0.1, 0.15) is 30.0 Å². The van der Waals surface area contributed by atoms with Crippen LogP contribution in [0.2, 0.25) is 0 Å². The molecule has 0 spiro atoms. The Kier molecular flexibility index (Phi) is 4.89. The van der Waals surface area contributed by atoms with Crippen LogP contribution in [0.3, 0.4) is 0 Å². The number of halogens is 1. The van der Waals surface area contributed by atoms with Gasteiger partial charge in [0.25, 0.3) is 0 Å². The van der Waals surface area contributed by atoms with Crippen LogP contribution in [0.4, 0.5) is 4.39 Å². The Balaban J connectivity index is 2.38. The molecule has 2 rings (SSSR count). The minimum absolute atomic E-state index is 0.168. The van der Waals surface area contributed by atoms with E-state index in [2.05, 4.69) is 19.2 Å². The first-order chi connectivity index (χ1) is 9.51. The van der Waals surface area contributed by atoms with Crippen molar-refractivity contribution in [2.75, 3.05) is 7.05 Å². The van der Waals surface area contributed by atoms with Gasteiger partial charge in [0.05, 0.1) is 5.69 Å². The maximum Gasteiger partial charge on any atom is 0.126 e. The summed E-state index contributed by atoms with van der Waals surface area (Å²) in [6.07, 6.45) is 0.960. The smallest absolute Gasteiger partial charge is 0.126 e. The second kappa shape index (κ2) is 6.46. The number of aryl methyl sites for hydroxylation is 1. The van der Waals surface area contributed by atoms with Gasteiger partial charge in [0.15, 0.2) is 0 Å². The van der Waals surface area contributed by atoms with Crippen molar-refractivity contribution in [2.24, 2.45) is 5.92 Å². The SMILES string of the molecule is CNCc1sc(-c2ccc(C)c(F)c2)nc1CC(C)C. The van der Waals surface area contributed by atoms with E-state index in [-0.39, 0.29) is 5.82 Å². The molecular weight excluding hydrogens is 271 g/mol. The third-order valence-electron chi connectivity index (χ3n) is 3.14. The molecule has 0 amide bonds. The fourth-order valence-electron chi connectivity index (χ4n) is 2.08. The van der Waals surface area contributed by atoms with Gasteiger partial charge in [-0.3, -0.25) is 0 Å². The topological polar surface area (TPSA) is 24.9 Å². The van der Waals surface area contributed by atoms with Crippen LogP contribution in [0.15, 0.2) is 18.2 Å². The zero-order chi connectivity index (χ0) is 14.7. The van der Waals surface area contributed by atoms with Crippen molar-refractivity contribution in [2.45, 2.75) is 33.7 Å². The summed E-state index contributed by atoms with van der Waals surface area (Å²) in [5.74, 6) is 0.397. The largest absolute Gasteiger partial charge is 0.315 e. The number of benzene rings is 1. The first kappa shape index (κ1) is 15.1. The number of rotatable bonds is 5. The quantitative estimate of drug-likeness (QED) is 0.894. The average Bonchev–Trinajstić information content (AvgIpc) is 2.76. The third kappa shape index (κ3) is 3.44. The highest BCUT2D eigenvalue weighted by Crippen LogP contribution is 2.30. The molecule has 0 radical (unpaired) electrons. The predicted molar refractivity (Wildman–Crippen MR) is 83.6 cm³/mol. The molecular formula is C16H21FN2S. The van der Waals surface area contributed by atoms with Crippen LogP contribution in [-0.2, 0) is 13.0 Å². The van der Waals surface area contributed by atoms with Gasteiger partial charge in [-0.15, -0.1) is 11.3 Å². The summed E-state index contributed by atoms with van der Waals surface area (Å²) < 4.78 is 13.7. The van der Waals surface area contributed by atoms with Gasteiger partial charge >= 0.3 is 0 Å². The zero-order valence-corrected chi connectivity index (χ0v) is 13.3. The Bertz CT molecular complexity index is 590. The van der Waals surface area contributed by atoms with Crippen molar-refractivity contribution >= 4 is 11.3 Å². The molecule has 4 heteroatoms. The van der Waals surface area contributed by atoms with E-state index >= 15 is 0 Å². The number of hydrogen-bond donors (Lipinski definition) is 1. The molecule has 1 aromatic carbocycles. The van der Waals surface area contributed by atoms with E-state index in [0.29, 0.717) is 11.5 Å². The van der Waals surface area contributed by atoms with Gasteiger partial charge in [-0.1, -0.05) is 26.0 Å². The van der Waals surface area contributed by atoms with Gasteiger partial charge in [-0.2, -0.15) is 0 Å². The molecule has 108 valence electrons. The van der Waals surface area contributed by atoms with Crippen LogP contribution in [-0.4, -0.2) is 12.0 Å². The highest BCUT2D eigenvalue weighted by atomic mass is 32.1. The molecule has 0 saturated carbocycles. The number of aromatic nitrogens is 1. The normalized spacial score (nSPS) is 11.3. The summed E-state index contributed by atoms with van der Waals surface area (Å²) in [5.41, 5.74) is 2.67. The molecule has 0 saturated heterocycles. The molecule has 0 unspecified atom stereocenters. The van der Waals surface area contributed by atoms with Gasteiger partial charge in [-0.25, -0.2) is 9.37 Å². The summed E-state index contributed by atoms with van der Waals surface area (Å²) in [6.45, 7) is 6.97. The monoisotopic (exact) mass is 292 g/mol. The first-order valence-corrected chi connectivity index (χ1v) is 7.72. The van der Waals surface area contributed by atoms with Crippen LogP contribution in [0.5, 0.6) is 0 Å². The second-order valence-corrected chi connectivity index (χ2v) is 6.56. The predicted octanol–water partition coefficient (Wildman–Crippen LogP) is 4.18. The summed E-state index contributed by atoms with van der Waals surface area (Å²) in [6, 6.07) is 5.34. The number of thiazole rings is 1. The summed E-state index contributed by atoms with van der Waals surface area (Å²) >= 11 is 1.65. The van der Waals surface area contributed by atoms with Crippen LogP contribution >= 0.6 is 11.3 Å². The van der Waals surface area contributed by atoms with Crippen molar-refractivity contribution in [3.8, 4) is 10.6 Å². The van der Waals surface area contributed by atoms with Crippen molar-refractivity contribution in [1.82, 2.24) is 10.3 Å². The lowest BCUT2D eigenvalue weighted by Crippen LogP contribution is -2.07. The Hall–Kier alpha value is -1.26. The molecule has 0 atom stereocenters. The molecule has 0 aliphatic heterocycles. The van der Waals surface area contributed by atoms with Gasteiger partial charge in [-0.05, 0) is 37.9 Å². The third-order valence-corrected chi connectivity index (χ3v) is 4.28. The van der Waals surface area contributed by atoms with E-state index in [1.165, 1.54) is 4.88 Å². The van der Waals surface area contributed by atoms with Gasteiger partial charge in [0.2, 0.25) is 0 Å². The van der Waals surface area contributed by atoms with E-state index < -0.39 is 0 Å². The first-order valence-electron chi connectivity index (χ1n) is 6.91. The molecule has 1 aromatic heterocycles. The second-order valence-electron chi connectivity index (χ2n) is 5.48. The van der Waals surface area contributed by atoms with Crippen molar-refractivity contribution in [3.05, 3.63) is 40.2 Å². The Morgan fingerprint density at radius 1 is 1.35 bits per heavy atom. The van der Waals surface area contributed by atoms with Crippen molar-refractivity contribution in [1.29, 1.82) is 0 Å². The molecule has 0 aliphatic carbocycles. The summed E-state index contributed by atoms with van der Waals surface area (Å²) in [4.78, 5) is 5.97. The molecule has 1 N–H and O–H groups in total. The van der Waals surface area contributed by atoms with Crippen LogP contribution in [0.25, 0.3) is 10.6 Å². The minimum atomic E-state index is -0.168. The standard InChI is InChI=1S/C16H21FN2S/c1-10(2)7-14-15(9-18-4)20-16(19-14)12-6-5-11(3)13(17)8-12/h5-6,8,10,18H,7,9H2,1-4H3. The minimum Gasteiger partial charge on any atom is -0.315 e. The van der Waals surface area contributed by atoms with E-state index in [0.717, 1.165) is 29.2 Å². The molecule has 2 nitrogen and oxygen atoms in total. The average molecular weight is 292 g/mol. The van der Waals surface area contributed by atoms with Crippen molar-refractivity contribution in [3.63, 3.8) is 0 Å². The van der Waals surface area contributed by atoms with Crippen LogP contribution in [0, 0.1) is 18.7 Å². The Morgan fingerprint density at radius 2 is 2.10 bits per heavy atom. The molecule has 0 bridgehead atoms. The molecule has 2 aromatic rings. The highest BCUT2D eigenvalue weighted by molar-refractivity contribution is 7.15. The molecule has 1 heterocycles. The Labute approximate surface area is 124 Å². The maximum absolute atomic E-state index is 13.7. The number of nitrogens with one attached hydrogen (secondary N) is 1. The fourth-order valence-corrected chi connectivity index (χ4v) is 3.17. The maximum atomic E-state index is 13.7. The lowest BCUT2D eigenvalue weighted by molar-refractivity contribution is 0.619. The van der Waals surface area contributed by atoms with E-state index in [9.17, 15) is 4.39 Å². The molecule has 20 heavy (non-hydrogen) atoms. The van der Waals surface area contributed by atoms with Crippen molar-refractivity contribution < 1.29 is 4.39 Å². The Morgan fingerprint density at radius 3 is 2.70 bits per heavy atom. The lowest BCUT2D eigenvalue weighted by atomic mass is 10.1. The lowest BCUT2D eigenvalue weighted by Gasteiger charge is -2.03. The zero-order valence-electron chi connectivity index (χ0n) is 12.5. The number of nitrogens with zero attached hydrogens (tertiary/aromatic N) is 1. The fraction of sp³-hybridized carbons (Fsp3) is 0.438.